The van der Waals surface area contributed by atoms with Gasteiger partial charge in [-0.1, -0.05) is 152 Å². The van der Waals surface area contributed by atoms with Gasteiger partial charge in [-0.05, 0) is 41.1 Å². The molecule has 0 radical (unpaired) electrons. The molecular weight excluding hydrogens is 641 g/mol. The molecule has 0 amide bonds. The zero-order chi connectivity index (χ0) is 33.9. The van der Waals surface area contributed by atoms with Crippen molar-refractivity contribution in [3.8, 4) is 39.9 Å². The first-order valence-electron chi connectivity index (χ1n) is 17.2. The second-order valence-corrected chi connectivity index (χ2v) is 13.8. The van der Waals surface area contributed by atoms with Gasteiger partial charge in [0.2, 0.25) is 5.95 Å². The number of hydrogen-bond donors (Lipinski definition) is 0. The molecular formula is C46H30N4S. The number of aromatic nitrogens is 4. The Morgan fingerprint density at radius 1 is 0.510 bits per heavy atom. The van der Waals surface area contributed by atoms with Crippen LogP contribution in [0.5, 0.6) is 0 Å². The van der Waals surface area contributed by atoms with E-state index >= 15 is 0 Å². The van der Waals surface area contributed by atoms with Crippen LogP contribution in [-0.4, -0.2) is 19.5 Å². The summed E-state index contributed by atoms with van der Waals surface area (Å²) in [5.41, 5.74) is 7.65. The molecule has 3 aromatic heterocycles. The summed E-state index contributed by atoms with van der Waals surface area (Å²) >= 11 is 1.87. The fourth-order valence-electron chi connectivity index (χ4n) is 7.51. The predicted octanol–water partition coefficient (Wildman–Crippen LogP) is 12.5. The van der Waals surface area contributed by atoms with E-state index in [2.05, 4.69) is 139 Å². The highest BCUT2D eigenvalue weighted by Gasteiger charge is 2.25. The Morgan fingerprint density at radius 2 is 1.12 bits per heavy atom. The van der Waals surface area contributed by atoms with E-state index in [9.17, 15) is 0 Å². The zero-order valence-electron chi connectivity index (χ0n) is 27.8. The first kappa shape index (κ1) is 29.5. The summed E-state index contributed by atoms with van der Waals surface area (Å²) in [5.74, 6) is 1.87. The van der Waals surface area contributed by atoms with Gasteiger partial charge in [0.1, 0.15) is 0 Å². The largest absolute Gasteiger partial charge is 0.277 e. The maximum atomic E-state index is 5.28. The topological polar surface area (TPSA) is 43.6 Å². The Balaban J connectivity index is 1.42. The van der Waals surface area contributed by atoms with Crippen molar-refractivity contribution in [3.63, 3.8) is 0 Å². The fraction of sp³-hybridized carbons (Fsp3) is 0.0217. The van der Waals surface area contributed by atoms with Crippen LogP contribution in [0.25, 0.3) is 98.7 Å². The van der Waals surface area contributed by atoms with Gasteiger partial charge in [-0.2, -0.15) is 9.97 Å². The van der Waals surface area contributed by atoms with E-state index in [1.54, 1.807) is 0 Å². The van der Waals surface area contributed by atoms with Crippen LogP contribution in [0.15, 0.2) is 158 Å². The Kier molecular flexibility index (Phi) is 6.86. The van der Waals surface area contributed by atoms with Crippen LogP contribution in [0.2, 0.25) is 0 Å². The van der Waals surface area contributed by atoms with Crippen molar-refractivity contribution in [1.82, 2.24) is 19.5 Å². The lowest BCUT2D eigenvalue weighted by atomic mass is 9.97. The van der Waals surface area contributed by atoms with E-state index in [-0.39, 0.29) is 0 Å². The summed E-state index contributed by atoms with van der Waals surface area (Å²) in [6, 6.07) is 53.4. The van der Waals surface area contributed by atoms with Gasteiger partial charge in [0.05, 0.1) is 11.0 Å². The number of fused-ring (bicyclic) bond motifs is 10. The summed E-state index contributed by atoms with van der Waals surface area (Å²) in [7, 11) is 0. The molecule has 0 aliphatic heterocycles. The number of rotatable bonds is 5. The Bertz CT molecular complexity index is 2900. The Labute approximate surface area is 298 Å². The average Bonchev–Trinajstić information content (AvgIpc) is 3.75. The van der Waals surface area contributed by atoms with Crippen molar-refractivity contribution in [2.24, 2.45) is 0 Å². The fourth-order valence-corrected chi connectivity index (χ4v) is 8.88. The minimum absolute atomic E-state index is 0.594. The molecule has 3 heterocycles. The van der Waals surface area contributed by atoms with Crippen molar-refractivity contribution in [1.29, 1.82) is 0 Å². The number of benzene rings is 7. The van der Waals surface area contributed by atoms with Gasteiger partial charge in [0, 0.05) is 47.5 Å². The third kappa shape index (κ3) is 4.70. The van der Waals surface area contributed by atoms with E-state index in [1.165, 1.54) is 52.8 Å². The first-order chi connectivity index (χ1) is 25.3. The molecule has 5 heteroatoms. The highest BCUT2D eigenvalue weighted by molar-refractivity contribution is 7.27. The highest BCUT2D eigenvalue weighted by atomic mass is 32.1. The molecule has 0 saturated carbocycles. The van der Waals surface area contributed by atoms with E-state index < -0.39 is 0 Å². The van der Waals surface area contributed by atoms with E-state index in [4.69, 9.17) is 15.0 Å². The Hall–Kier alpha value is -6.43. The molecule has 0 aliphatic carbocycles. The van der Waals surface area contributed by atoms with Gasteiger partial charge >= 0.3 is 0 Å². The second-order valence-electron chi connectivity index (χ2n) is 12.8. The summed E-state index contributed by atoms with van der Waals surface area (Å²) in [5, 5.41) is 7.28. The summed E-state index contributed by atoms with van der Waals surface area (Å²) in [6.45, 7) is 2.06. The highest BCUT2D eigenvalue weighted by Crippen LogP contribution is 2.49. The van der Waals surface area contributed by atoms with Gasteiger partial charge in [-0.15, -0.1) is 11.3 Å². The lowest BCUT2D eigenvalue weighted by Gasteiger charge is -2.12. The van der Waals surface area contributed by atoms with Crippen molar-refractivity contribution in [2.75, 3.05) is 0 Å². The van der Waals surface area contributed by atoms with Gasteiger partial charge < -0.3 is 0 Å². The molecule has 10 aromatic rings. The molecule has 0 aliphatic rings. The van der Waals surface area contributed by atoms with Crippen molar-refractivity contribution < 1.29 is 0 Å². The molecule has 240 valence electrons. The van der Waals surface area contributed by atoms with Crippen molar-refractivity contribution >= 4 is 70.2 Å². The number of nitrogens with zero attached hydrogens (tertiary/aromatic N) is 4. The molecule has 10 rings (SSSR count). The van der Waals surface area contributed by atoms with Crippen LogP contribution in [0.3, 0.4) is 0 Å². The number of thiophene rings is 1. The van der Waals surface area contributed by atoms with Crippen LogP contribution < -0.4 is 0 Å². The maximum Gasteiger partial charge on any atom is 0.238 e. The monoisotopic (exact) mass is 670 g/mol. The molecule has 0 fully saturated rings. The third-order valence-electron chi connectivity index (χ3n) is 9.72. The second kappa shape index (κ2) is 11.9. The molecule has 0 N–H and O–H groups in total. The zero-order valence-corrected chi connectivity index (χ0v) is 28.6. The van der Waals surface area contributed by atoms with E-state index in [0.29, 0.717) is 17.6 Å². The van der Waals surface area contributed by atoms with Gasteiger partial charge in [0.25, 0.3) is 0 Å². The van der Waals surface area contributed by atoms with Crippen LogP contribution in [0.4, 0.5) is 0 Å². The molecule has 0 unspecified atom stereocenters. The quantitative estimate of drug-likeness (QED) is 0.183. The molecule has 0 bridgehead atoms. The van der Waals surface area contributed by atoms with E-state index in [0.717, 1.165) is 27.7 Å². The minimum atomic E-state index is 0.594. The van der Waals surface area contributed by atoms with Crippen molar-refractivity contribution in [3.05, 3.63) is 163 Å². The summed E-state index contributed by atoms with van der Waals surface area (Å²) < 4.78 is 4.82. The summed E-state index contributed by atoms with van der Waals surface area (Å²) in [6.07, 6.45) is 4.26. The summed E-state index contributed by atoms with van der Waals surface area (Å²) in [4.78, 5) is 15.6. The third-order valence-corrected chi connectivity index (χ3v) is 11.0. The SMILES string of the molecule is CC=Cc1ccc2c(c1)c1c3ccccc3c3sc4c(-c5ccccc5)cccc4c3c1n2-c1nc(-c2ccccc2)nc(-c2ccccc2)n1. The standard InChI is InChI=1S/C46H30N4S/c1-2-15-29-26-27-38-37(28-29)39-34-22-12-13-23-35(34)43-40(36-25-14-24-33(42(36)51-43)30-16-6-3-7-17-30)41(39)50(38)46-48-44(31-18-8-4-9-19-31)47-45(49-46)32-20-10-5-11-21-32/h2-28H,1H3. The van der Waals surface area contributed by atoms with Gasteiger partial charge in [-0.25, -0.2) is 4.98 Å². The van der Waals surface area contributed by atoms with Crippen LogP contribution in [0.1, 0.15) is 12.5 Å². The molecule has 51 heavy (non-hydrogen) atoms. The number of allylic oxidation sites excluding steroid dienone is 1. The normalized spacial score (nSPS) is 11.9. The molecule has 4 nitrogen and oxygen atoms in total. The molecule has 7 aromatic carbocycles. The lowest BCUT2D eigenvalue weighted by Crippen LogP contribution is -2.06. The van der Waals surface area contributed by atoms with Gasteiger partial charge in [0.15, 0.2) is 11.6 Å². The minimum Gasteiger partial charge on any atom is -0.277 e. The smallest absolute Gasteiger partial charge is 0.238 e. The van der Waals surface area contributed by atoms with Gasteiger partial charge in [-0.3, -0.25) is 4.57 Å². The molecule has 0 atom stereocenters. The van der Waals surface area contributed by atoms with Crippen LogP contribution in [-0.2, 0) is 0 Å². The molecule has 0 saturated heterocycles. The predicted molar refractivity (Wildman–Crippen MR) is 216 cm³/mol. The lowest BCUT2D eigenvalue weighted by molar-refractivity contribution is 0.955. The average molecular weight is 671 g/mol. The van der Waals surface area contributed by atoms with Crippen LogP contribution >= 0.6 is 11.3 Å². The van der Waals surface area contributed by atoms with Crippen LogP contribution in [0, 0.1) is 0 Å². The molecule has 0 spiro atoms. The maximum absolute atomic E-state index is 5.28. The first-order valence-corrected chi connectivity index (χ1v) is 18.0. The Morgan fingerprint density at radius 3 is 1.78 bits per heavy atom. The van der Waals surface area contributed by atoms with E-state index in [1.807, 2.05) is 47.7 Å². The number of hydrogen-bond acceptors (Lipinski definition) is 4. The van der Waals surface area contributed by atoms with Crippen molar-refractivity contribution in [2.45, 2.75) is 6.92 Å².